The number of benzene rings is 1. The summed E-state index contributed by atoms with van der Waals surface area (Å²) >= 11 is 1.44. The number of aliphatic hydroxyl groups excluding tert-OH is 1. The summed E-state index contributed by atoms with van der Waals surface area (Å²) in [6.45, 7) is 4.08. The molecule has 0 saturated carbocycles. The summed E-state index contributed by atoms with van der Waals surface area (Å²) in [4.78, 5) is 16.3. The molecule has 0 aliphatic carbocycles. The standard InChI is InChI=1S/C14H19N3O2S/c1-9(2)10(7-8-18)15-13(19)17-14-16-11-5-3-4-6-12(11)20-14/h3-6,9-10,18H,7-8H2,1-2H3,(H2,15,16,17,19). The van der Waals surface area contributed by atoms with Crippen LogP contribution in [0.2, 0.25) is 0 Å². The van der Waals surface area contributed by atoms with Gasteiger partial charge in [0.05, 0.1) is 10.2 Å². The highest BCUT2D eigenvalue weighted by Crippen LogP contribution is 2.25. The van der Waals surface area contributed by atoms with Crippen LogP contribution in [0, 0.1) is 5.92 Å². The molecule has 0 aliphatic heterocycles. The van der Waals surface area contributed by atoms with E-state index in [-0.39, 0.29) is 24.6 Å². The van der Waals surface area contributed by atoms with Crippen LogP contribution in [0.25, 0.3) is 10.2 Å². The second-order valence-electron chi connectivity index (χ2n) is 4.95. The number of carbonyl (C=O) groups excluding carboxylic acids is 1. The van der Waals surface area contributed by atoms with Gasteiger partial charge in [0, 0.05) is 12.6 Å². The largest absolute Gasteiger partial charge is 0.396 e. The Morgan fingerprint density at radius 1 is 1.40 bits per heavy atom. The van der Waals surface area contributed by atoms with E-state index < -0.39 is 0 Å². The van der Waals surface area contributed by atoms with Gasteiger partial charge in [-0.15, -0.1) is 0 Å². The molecule has 5 nitrogen and oxygen atoms in total. The van der Waals surface area contributed by atoms with Crippen molar-refractivity contribution in [2.75, 3.05) is 11.9 Å². The first kappa shape index (κ1) is 14.7. The average Bonchev–Trinajstić information content (AvgIpc) is 2.79. The molecule has 108 valence electrons. The number of para-hydroxylation sites is 1. The van der Waals surface area contributed by atoms with Gasteiger partial charge < -0.3 is 10.4 Å². The number of hydrogen-bond donors (Lipinski definition) is 3. The number of anilines is 1. The zero-order valence-corrected chi connectivity index (χ0v) is 12.4. The van der Waals surface area contributed by atoms with Gasteiger partial charge in [-0.3, -0.25) is 5.32 Å². The molecule has 1 atom stereocenters. The molecule has 0 radical (unpaired) electrons. The maximum Gasteiger partial charge on any atom is 0.321 e. The van der Waals surface area contributed by atoms with Crippen molar-refractivity contribution in [3.05, 3.63) is 24.3 Å². The fraction of sp³-hybridized carbons (Fsp3) is 0.429. The Hall–Kier alpha value is -1.66. The van der Waals surface area contributed by atoms with E-state index in [0.29, 0.717) is 11.6 Å². The van der Waals surface area contributed by atoms with Gasteiger partial charge in [-0.1, -0.05) is 37.3 Å². The van der Waals surface area contributed by atoms with E-state index in [9.17, 15) is 4.79 Å². The van der Waals surface area contributed by atoms with Gasteiger partial charge in [-0.05, 0) is 24.5 Å². The van der Waals surface area contributed by atoms with Crippen LogP contribution in [0.5, 0.6) is 0 Å². The second kappa shape index (κ2) is 6.67. The van der Waals surface area contributed by atoms with Crippen molar-refractivity contribution >= 4 is 32.7 Å². The summed E-state index contributed by atoms with van der Waals surface area (Å²) in [7, 11) is 0. The van der Waals surface area contributed by atoms with E-state index in [1.165, 1.54) is 11.3 Å². The Morgan fingerprint density at radius 2 is 2.15 bits per heavy atom. The van der Waals surface area contributed by atoms with Crippen LogP contribution in [0.4, 0.5) is 9.93 Å². The Balaban J connectivity index is 2.00. The van der Waals surface area contributed by atoms with Crippen molar-refractivity contribution in [1.82, 2.24) is 10.3 Å². The van der Waals surface area contributed by atoms with E-state index in [0.717, 1.165) is 10.2 Å². The topological polar surface area (TPSA) is 74.2 Å². The minimum absolute atomic E-state index is 0.0469. The minimum Gasteiger partial charge on any atom is -0.396 e. The lowest BCUT2D eigenvalue weighted by atomic mass is 10.0. The van der Waals surface area contributed by atoms with Gasteiger partial charge in [0.2, 0.25) is 0 Å². The first-order valence-corrected chi connectivity index (χ1v) is 7.45. The van der Waals surface area contributed by atoms with Crippen molar-refractivity contribution in [3.8, 4) is 0 Å². The smallest absolute Gasteiger partial charge is 0.321 e. The maximum atomic E-state index is 11.9. The van der Waals surface area contributed by atoms with Crippen LogP contribution in [0.3, 0.4) is 0 Å². The molecule has 2 amide bonds. The van der Waals surface area contributed by atoms with E-state index in [4.69, 9.17) is 5.11 Å². The molecule has 0 aliphatic rings. The number of carbonyl (C=O) groups is 1. The fourth-order valence-corrected chi connectivity index (χ4v) is 2.80. The van der Waals surface area contributed by atoms with Gasteiger partial charge in [0.15, 0.2) is 5.13 Å². The number of fused-ring (bicyclic) bond motifs is 1. The maximum absolute atomic E-state index is 11.9. The van der Waals surface area contributed by atoms with Crippen LogP contribution < -0.4 is 10.6 Å². The number of aromatic nitrogens is 1. The molecule has 20 heavy (non-hydrogen) atoms. The number of amides is 2. The zero-order valence-electron chi connectivity index (χ0n) is 11.6. The lowest BCUT2D eigenvalue weighted by Crippen LogP contribution is -2.41. The van der Waals surface area contributed by atoms with Gasteiger partial charge in [-0.2, -0.15) is 0 Å². The van der Waals surface area contributed by atoms with Crippen molar-refractivity contribution in [1.29, 1.82) is 0 Å². The van der Waals surface area contributed by atoms with E-state index in [1.54, 1.807) is 0 Å². The number of rotatable bonds is 5. The van der Waals surface area contributed by atoms with Crippen LogP contribution in [-0.4, -0.2) is 28.8 Å². The lowest BCUT2D eigenvalue weighted by molar-refractivity contribution is 0.227. The highest BCUT2D eigenvalue weighted by molar-refractivity contribution is 7.22. The summed E-state index contributed by atoms with van der Waals surface area (Å²) in [5.74, 6) is 0.267. The Kier molecular flexibility index (Phi) is 4.92. The monoisotopic (exact) mass is 293 g/mol. The summed E-state index contributed by atoms with van der Waals surface area (Å²) < 4.78 is 1.04. The molecule has 0 bridgehead atoms. The molecule has 0 spiro atoms. The summed E-state index contributed by atoms with van der Waals surface area (Å²) in [5.41, 5.74) is 0.878. The Morgan fingerprint density at radius 3 is 2.80 bits per heavy atom. The molecule has 1 aromatic heterocycles. The van der Waals surface area contributed by atoms with Crippen molar-refractivity contribution in [2.24, 2.45) is 5.92 Å². The van der Waals surface area contributed by atoms with Crippen LogP contribution in [0.1, 0.15) is 20.3 Å². The average molecular weight is 293 g/mol. The van der Waals surface area contributed by atoms with Crippen LogP contribution >= 0.6 is 11.3 Å². The number of nitrogens with zero attached hydrogens (tertiary/aromatic N) is 1. The molecule has 1 heterocycles. The van der Waals surface area contributed by atoms with Crippen molar-refractivity contribution in [3.63, 3.8) is 0 Å². The molecular formula is C14H19N3O2S. The molecule has 1 unspecified atom stereocenters. The molecule has 0 fully saturated rings. The summed E-state index contributed by atoms with van der Waals surface area (Å²) in [6.07, 6.45) is 0.547. The first-order chi connectivity index (χ1) is 9.60. The lowest BCUT2D eigenvalue weighted by Gasteiger charge is -2.21. The Bertz CT molecular complexity index is 550. The van der Waals surface area contributed by atoms with E-state index in [1.807, 2.05) is 38.1 Å². The fourth-order valence-electron chi connectivity index (χ4n) is 1.94. The molecule has 1 aromatic carbocycles. The third kappa shape index (κ3) is 3.68. The number of thiazole rings is 1. The van der Waals surface area contributed by atoms with Gasteiger partial charge >= 0.3 is 6.03 Å². The van der Waals surface area contributed by atoms with E-state index in [2.05, 4.69) is 15.6 Å². The van der Waals surface area contributed by atoms with Gasteiger partial charge in [0.1, 0.15) is 0 Å². The molecule has 3 N–H and O–H groups in total. The highest BCUT2D eigenvalue weighted by atomic mass is 32.1. The van der Waals surface area contributed by atoms with Crippen molar-refractivity contribution in [2.45, 2.75) is 26.3 Å². The zero-order chi connectivity index (χ0) is 14.5. The van der Waals surface area contributed by atoms with Gasteiger partial charge in [0.25, 0.3) is 0 Å². The third-order valence-electron chi connectivity index (χ3n) is 3.08. The molecule has 2 aromatic rings. The molecule has 0 saturated heterocycles. The summed E-state index contributed by atoms with van der Waals surface area (Å²) in [5, 5.41) is 15.2. The number of urea groups is 1. The Labute approximate surface area is 122 Å². The van der Waals surface area contributed by atoms with Crippen molar-refractivity contribution < 1.29 is 9.90 Å². The molecule has 6 heteroatoms. The second-order valence-corrected chi connectivity index (χ2v) is 5.98. The number of hydrogen-bond acceptors (Lipinski definition) is 4. The number of aliphatic hydroxyl groups is 1. The molecular weight excluding hydrogens is 274 g/mol. The van der Waals surface area contributed by atoms with Gasteiger partial charge in [-0.25, -0.2) is 9.78 Å². The first-order valence-electron chi connectivity index (χ1n) is 6.64. The number of nitrogens with one attached hydrogen (secondary N) is 2. The van der Waals surface area contributed by atoms with E-state index >= 15 is 0 Å². The molecule has 2 rings (SSSR count). The van der Waals surface area contributed by atoms with Crippen LogP contribution in [0.15, 0.2) is 24.3 Å². The van der Waals surface area contributed by atoms with Crippen LogP contribution in [-0.2, 0) is 0 Å². The normalized spacial score (nSPS) is 12.6. The quantitative estimate of drug-likeness (QED) is 0.793. The predicted molar refractivity (Wildman–Crippen MR) is 82.1 cm³/mol. The SMILES string of the molecule is CC(C)C(CCO)NC(=O)Nc1nc2ccccc2s1. The highest BCUT2D eigenvalue weighted by Gasteiger charge is 2.16. The summed E-state index contributed by atoms with van der Waals surface area (Å²) in [6, 6.07) is 7.42. The predicted octanol–water partition coefficient (Wildman–Crippen LogP) is 2.82. The minimum atomic E-state index is -0.281. The third-order valence-corrected chi connectivity index (χ3v) is 4.03.